The van der Waals surface area contributed by atoms with Crippen molar-refractivity contribution in [2.24, 2.45) is 10.8 Å². The Morgan fingerprint density at radius 1 is 0.328 bits per heavy atom. The summed E-state index contributed by atoms with van der Waals surface area (Å²) in [6.07, 6.45) is 27.6. The molecule has 4 unspecified atom stereocenters. The van der Waals surface area contributed by atoms with Gasteiger partial charge in [0.05, 0.1) is 0 Å². The lowest BCUT2D eigenvalue weighted by atomic mass is 9.23. The van der Waals surface area contributed by atoms with Crippen LogP contribution in [0.2, 0.25) is 0 Å². The van der Waals surface area contributed by atoms with Crippen LogP contribution >= 0.6 is 0 Å². The van der Waals surface area contributed by atoms with Gasteiger partial charge in [-0.25, -0.2) is 0 Å². The summed E-state index contributed by atoms with van der Waals surface area (Å²) in [5.74, 6) is 6.71. The molecule has 0 aliphatic heterocycles. The van der Waals surface area contributed by atoms with Crippen LogP contribution in [0.1, 0.15) is 144 Å². The van der Waals surface area contributed by atoms with Crippen molar-refractivity contribution in [1.29, 1.82) is 0 Å². The Bertz CT molecular complexity index is 2600. The van der Waals surface area contributed by atoms with Gasteiger partial charge in [-0.15, -0.1) is 12.8 Å². The predicted octanol–water partition coefficient (Wildman–Crippen LogP) is 14.5. The molecule has 4 atom stereocenters. The summed E-state index contributed by atoms with van der Waals surface area (Å²) in [4.78, 5) is 0. The zero-order valence-corrected chi connectivity index (χ0v) is 38.5. The van der Waals surface area contributed by atoms with Crippen molar-refractivity contribution in [1.82, 2.24) is 0 Å². The molecule has 0 nitrogen and oxygen atoms in total. The molecule has 0 aromatic heterocycles. The minimum Gasteiger partial charge on any atom is -0.115 e. The molecule has 0 amide bonds. The highest BCUT2D eigenvalue weighted by atomic mass is 14.8. The van der Waals surface area contributed by atoms with Gasteiger partial charge in [-0.3, -0.25) is 0 Å². The minimum atomic E-state index is -0.0981. The average molecular weight is 831 g/mol. The van der Waals surface area contributed by atoms with Crippen molar-refractivity contribution in [2.45, 2.75) is 137 Å². The van der Waals surface area contributed by atoms with E-state index in [1.54, 1.807) is 0 Å². The Hall–Kier alpha value is -5.56. The van der Waals surface area contributed by atoms with Crippen molar-refractivity contribution in [3.05, 3.63) is 212 Å². The molecule has 8 fully saturated rings. The van der Waals surface area contributed by atoms with Gasteiger partial charge < -0.3 is 0 Å². The zero-order valence-electron chi connectivity index (χ0n) is 38.5. The van der Waals surface area contributed by atoms with Crippen molar-refractivity contribution in [3.8, 4) is 24.7 Å². The number of terminal acetylenes is 2. The zero-order chi connectivity index (χ0) is 43.8. The van der Waals surface area contributed by atoms with E-state index in [0.717, 1.165) is 36.8 Å². The molecule has 8 bridgehead atoms. The topological polar surface area (TPSA) is 0 Å². The van der Waals surface area contributed by atoms with Gasteiger partial charge >= 0.3 is 0 Å². The summed E-state index contributed by atoms with van der Waals surface area (Å²) in [6.45, 7) is 9.14. The summed E-state index contributed by atoms with van der Waals surface area (Å²) in [5, 5.41) is 0. The van der Waals surface area contributed by atoms with E-state index in [1.165, 1.54) is 107 Å². The third-order valence-corrected chi connectivity index (χ3v) is 19.2. The third-order valence-electron chi connectivity index (χ3n) is 19.2. The van der Waals surface area contributed by atoms with E-state index in [9.17, 15) is 0 Å². The van der Waals surface area contributed by atoms with E-state index in [1.807, 2.05) is 0 Å². The molecule has 0 N–H and O–H groups in total. The van der Waals surface area contributed by atoms with E-state index in [0.29, 0.717) is 0 Å². The fourth-order valence-electron chi connectivity index (χ4n) is 18.5. The van der Waals surface area contributed by atoms with Gasteiger partial charge in [-0.2, -0.15) is 0 Å². The van der Waals surface area contributed by atoms with Crippen LogP contribution in [-0.2, 0) is 32.5 Å². The lowest BCUT2D eigenvalue weighted by Crippen LogP contribution is -2.75. The molecule has 14 rings (SSSR count). The maximum absolute atomic E-state index is 6.72. The SMILES string of the molecule is C#Cc1c(C)cc(C)cc1C12CC3(c4ccccc4)CC(c4ccccc4)(C1)CC(C14CC5(c6ccccc6)CC(c6ccccc6)(CC(c6cc(C)cc(C)c6C#C)(C5)C1)C4)(C3)C2. The highest BCUT2D eigenvalue weighted by Crippen LogP contribution is 2.86. The van der Waals surface area contributed by atoms with Crippen LogP contribution in [0.5, 0.6) is 0 Å². The van der Waals surface area contributed by atoms with E-state index in [4.69, 9.17) is 12.8 Å². The van der Waals surface area contributed by atoms with Gasteiger partial charge in [0.1, 0.15) is 0 Å². The van der Waals surface area contributed by atoms with Crippen LogP contribution in [-0.4, -0.2) is 0 Å². The lowest BCUT2D eigenvalue weighted by molar-refractivity contribution is -0.237. The first-order valence-electron chi connectivity index (χ1n) is 24.3. The Balaban J connectivity index is 1.21. The molecular weight excluding hydrogens is 769 g/mol. The molecule has 318 valence electrons. The standard InChI is InChI=1S/C64H62/c1-7-53-47(5)29-45(3)31-55(53)61-35-57(49-21-13-9-14-22-49)33-58(36-61,50-23-15-10-16-24-50)40-63(39-57,43-61)64-41-59(51-25-17-11-18-26-51)34-60(42-64,52-27-19-12-20-28-52)38-62(37-59,44-64)56-32-46(4)30-48(6)54(56)8-2/h1-2,9-32H,33-44H2,3-6H3. The minimum absolute atomic E-state index is 0.0126. The molecule has 6 aromatic carbocycles. The molecule has 64 heavy (non-hydrogen) atoms. The Morgan fingerprint density at radius 2 is 0.578 bits per heavy atom. The quantitative estimate of drug-likeness (QED) is 0.141. The van der Waals surface area contributed by atoms with Gasteiger partial charge in [-0.05, 0) is 193 Å². The first-order chi connectivity index (χ1) is 30.9. The van der Waals surface area contributed by atoms with E-state index < -0.39 is 0 Å². The van der Waals surface area contributed by atoms with Gasteiger partial charge in [0.25, 0.3) is 0 Å². The second-order valence-corrected chi connectivity index (χ2v) is 23.1. The maximum atomic E-state index is 6.72. The smallest absolute Gasteiger partial charge is 0.0309 e. The summed E-state index contributed by atoms with van der Waals surface area (Å²) in [7, 11) is 0. The highest BCUT2D eigenvalue weighted by Gasteiger charge is 2.79. The average Bonchev–Trinajstić information content (AvgIpc) is 3.29. The molecule has 0 heteroatoms. The molecule has 0 radical (unpaired) electrons. The van der Waals surface area contributed by atoms with Crippen LogP contribution in [0.15, 0.2) is 146 Å². The van der Waals surface area contributed by atoms with Crippen LogP contribution in [0.4, 0.5) is 0 Å². The summed E-state index contributed by atoms with van der Waals surface area (Å²) in [5.41, 5.74) is 16.3. The van der Waals surface area contributed by atoms with Gasteiger partial charge in [-0.1, -0.05) is 169 Å². The van der Waals surface area contributed by atoms with Gasteiger partial charge in [0.15, 0.2) is 0 Å². The first kappa shape index (κ1) is 40.0. The Labute approximate surface area is 383 Å². The lowest BCUT2D eigenvalue weighted by Gasteiger charge is -2.81. The fraction of sp³-hybridized carbons (Fsp3) is 0.375. The number of rotatable bonds is 7. The third kappa shape index (κ3) is 5.39. The highest BCUT2D eigenvalue weighted by molar-refractivity contribution is 5.58. The molecule has 0 spiro atoms. The molecule has 8 aliphatic carbocycles. The second-order valence-electron chi connectivity index (χ2n) is 23.1. The first-order valence-corrected chi connectivity index (χ1v) is 24.3. The van der Waals surface area contributed by atoms with Crippen molar-refractivity contribution < 1.29 is 0 Å². The van der Waals surface area contributed by atoms with Crippen molar-refractivity contribution >= 4 is 0 Å². The Kier molecular flexibility index (Phi) is 8.43. The molecule has 6 aromatic rings. The fourth-order valence-corrected chi connectivity index (χ4v) is 18.5. The van der Waals surface area contributed by atoms with E-state index in [2.05, 4.69) is 185 Å². The van der Waals surface area contributed by atoms with Crippen LogP contribution < -0.4 is 0 Å². The summed E-state index contributed by atoms with van der Waals surface area (Å²) in [6, 6.07) is 57.3. The molecule has 0 heterocycles. The molecule has 8 aliphatic rings. The Morgan fingerprint density at radius 3 is 0.844 bits per heavy atom. The van der Waals surface area contributed by atoms with Crippen molar-refractivity contribution in [2.75, 3.05) is 0 Å². The van der Waals surface area contributed by atoms with Crippen molar-refractivity contribution in [3.63, 3.8) is 0 Å². The van der Waals surface area contributed by atoms with Crippen LogP contribution in [0.25, 0.3) is 0 Å². The summed E-state index contributed by atoms with van der Waals surface area (Å²) < 4.78 is 0. The number of hydrogen-bond acceptors (Lipinski definition) is 0. The van der Waals surface area contributed by atoms with Crippen LogP contribution in [0, 0.1) is 63.2 Å². The monoisotopic (exact) mass is 830 g/mol. The van der Waals surface area contributed by atoms with Gasteiger partial charge in [0.2, 0.25) is 0 Å². The largest absolute Gasteiger partial charge is 0.115 e. The second kappa shape index (κ2) is 13.5. The van der Waals surface area contributed by atoms with Gasteiger partial charge in [0, 0.05) is 11.1 Å². The van der Waals surface area contributed by atoms with Crippen LogP contribution in [0.3, 0.4) is 0 Å². The van der Waals surface area contributed by atoms with E-state index in [-0.39, 0.29) is 43.3 Å². The number of benzene rings is 6. The molecule has 0 saturated heterocycles. The molecule has 8 saturated carbocycles. The predicted molar refractivity (Wildman–Crippen MR) is 264 cm³/mol. The number of aryl methyl sites for hydroxylation is 4. The maximum Gasteiger partial charge on any atom is 0.0309 e. The van der Waals surface area contributed by atoms with E-state index >= 15 is 0 Å². The summed E-state index contributed by atoms with van der Waals surface area (Å²) >= 11 is 0. The normalized spacial score (nSPS) is 35.2. The number of hydrogen-bond donors (Lipinski definition) is 0. The molecular formula is C64H62.